The number of benzene rings is 1. The summed E-state index contributed by atoms with van der Waals surface area (Å²) in [4.78, 5) is 11.5. The number of unbranched alkanes of at least 4 members (excludes halogenated alkanes) is 3. The van der Waals surface area contributed by atoms with Gasteiger partial charge in [0.2, 0.25) is 5.91 Å². The Morgan fingerprint density at radius 1 is 1.05 bits per heavy atom. The van der Waals surface area contributed by atoms with Crippen LogP contribution in [-0.2, 0) is 11.2 Å². The number of halogens is 3. The highest BCUT2D eigenvalue weighted by molar-refractivity contribution is 5.85. The molecule has 0 radical (unpaired) electrons. The van der Waals surface area contributed by atoms with Crippen LogP contribution in [0, 0.1) is 11.6 Å². The van der Waals surface area contributed by atoms with Gasteiger partial charge in [-0.1, -0.05) is 12.8 Å². The van der Waals surface area contributed by atoms with E-state index in [1.165, 1.54) is 12.1 Å². The van der Waals surface area contributed by atoms with E-state index in [1.54, 1.807) is 0 Å². The Kier molecular flexibility index (Phi) is 10.8. The van der Waals surface area contributed by atoms with Gasteiger partial charge in [-0.05, 0) is 43.5 Å². The van der Waals surface area contributed by atoms with Gasteiger partial charge in [0.1, 0.15) is 11.6 Å². The zero-order valence-electron chi connectivity index (χ0n) is 12.0. The highest BCUT2D eigenvalue weighted by Gasteiger charge is 2.03. The lowest BCUT2D eigenvalue weighted by Gasteiger charge is -2.06. The van der Waals surface area contributed by atoms with Gasteiger partial charge >= 0.3 is 0 Å². The summed E-state index contributed by atoms with van der Waals surface area (Å²) in [6, 6.07) is 3.40. The summed E-state index contributed by atoms with van der Waals surface area (Å²) >= 11 is 0. The molecule has 1 aromatic rings. The van der Waals surface area contributed by atoms with Crippen LogP contribution in [0.2, 0.25) is 0 Å². The number of amides is 1. The van der Waals surface area contributed by atoms with E-state index in [1.807, 2.05) is 0 Å². The number of hydrogen-bond acceptors (Lipinski definition) is 2. The predicted octanol–water partition coefficient (Wildman–Crippen LogP) is 2.95. The second-order valence-electron chi connectivity index (χ2n) is 4.83. The van der Waals surface area contributed by atoms with E-state index in [9.17, 15) is 13.6 Å². The molecule has 0 aliphatic heterocycles. The molecule has 0 aliphatic rings. The van der Waals surface area contributed by atoms with Crippen molar-refractivity contribution < 1.29 is 13.6 Å². The molecule has 0 heterocycles. The Labute approximate surface area is 130 Å². The highest BCUT2D eigenvalue weighted by atomic mass is 35.5. The molecule has 1 aromatic carbocycles. The Hall–Kier alpha value is -1.20. The lowest BCUT2D eigenvalue weighted by atomic mass is 10.1. The van der Waals surface area contributed by atoms with Crippen LogP contribution in [0.5, 0.6) is 0 Å². The molecule has 120 valence electrons. The average Bonchev–Trinajstić information content (AvgIpc) is 2.37. The summed E-state index contributed by atoms with van der Waals surface area (Å²) in [5, 5.41) is 2.75. The third-order valence-electron chi connectivity index (χ3n) is 3.02. The second kappa shape index (κ2) is 11.5. The zero-order valence-corrected chi connectivity index (χ0v) is 12.9. The first-order chi connectivity index (χ1) is 9.61. The van der Waals surface area contributed by atoms with E-state index in [2.05, 4.69) is 5.32 Å². The van der Waals surface area contributed by atoms with E-state index in [0.29, 0.717) is 31.5 Å². The minimum atomic E-state index is -0.591. The molecule has 1 amide bonds. The fourth-order valence-electron chi connectivity index (χ4n) is 1.97. The molecule has 0 saturated heterocycles. The SMILES string of the molecule is Cl.NCCCCCCC(=O)NCCc1cc(F)cc(F)c1. The number of nitrogens with two attached hydrogens (primary N) is 1. The number of rotatable bonds is 9. The lowest BCUT2D eigenvalue weighted by Crippen LogP contribution is -2.25. The molecule has 21 heavy (non-hydrogen) atoms. The largest absolute Gasteiger partial charge is 0.356 e. The molecule has 0 unspecified atom stereocenters. The fraction of sp³-hybridized carbons (Fsp3) is 0.533. The monoisotopic (exact) mass is 320 g/mol. The Bertz CT molecular complexity index is 410. The van der Waals surface area contributed by atoms with Gasteiger partial charge in [0.05, 0.1) is 0 Å². The molecule has 1 rings (SSSR count). The normalized spacial score (nSPS) is 10.0. The van der Waals surface area contributed by atoms with Gasteiger partial charge in [-0.25, -0.2) is 8.78 Å². The van der Waals surface area contributed by atoms with Crippen molar-refractivity contribution in [3.63, 3.8) is 0 Å². The third-order valence-corrected chi connectivity index (χ3v) is 3.02. The van der Waals surface area contributed by atoms with Crippen molar-refractivity contribution in [2.24, 2.45) is 5.73 Å². The van der Waals surface area contributed by atoms with E-state index >= 15 is 0 Å². The summed E-state index contributed by atoms with van der Waals surface area (Å²) in [5.41, 5.74) is 5.93. The van der Waals surface area contributed by atoms with Crippen LogP contribution < -0.4 is 11.1 Å². The van der Waals surface area contributed by atoms with Crippen LogP contribution in [0.3, 0.4) is 0 Å². The Morgan fingerprint density at radius 2 is 1.67 bits per heavy atom. The number of hydrogen-bond donors (Lipinski definition) is 2. The van der Waals surface area contributed by atoms with Gasteiger partial charge in [0.25, 0.3) is 0 Å². The molecule has 3 N–H and O–H groups in total. The third kappa shape index (κ3) is 9.37. The van der Waals surface area contributed by atoms with Gasteiger partial charge in [0.15, 0.2) is 0 Å². The predicted molar refractivity (Wildman–Crippen MR) is 82.5 cm³/mol. The molecular formula is C15H23ClF2N2O. The molecule has 0 fully saturated rings. The molecule has 0 atom stereocenters. The fourth-order valence-corrected chi connectivity index (χ4v) is 1.97. The van der Waals surface area contributed by atoms with Gasteiger partial charge in [-0.2, -0.15) is 0 Å². The van der Waals surface area contributed by atoms with Gasteiger partial charge < -0.3 is 11.1 Å². The first kappa shape index (κ1) is 19.8. The summed E-state index contributed by atoms with van der Waals surface area (Å²) in [5.74, 6) is -1.20. The number of nitrogens with one attached hydrogen (secondary N) is 1. The van der Waals surface area contributed by atoms with Crippen molar-refractivity contribution in [3.8, 4) is 0 Å². The lowest BCUT2D eigenvalue weighted by molar-refractivity contribution is -0.121. The van der Waals surface area contributed by atoms with E-state index in [-0.39, 0.29) is 18.3 Å². The van der Waals surface area contributed by atoms with Crippen LogP contribution in [-0.4, -0.2) is 19.0 Å². The number of carbonyl (C=O) groups excluding carboxylic acids is 1. The summed E-state index contributed by atoms with van der Waals surface area (Å²) in [6.07, 6.45) is 4.80. The molecule has 0 spiro atoms. The summed E-state index contributed by atoms with van der Waals surface area (Å²) in [6.45, 7) is 1.08. The van der Waals surface area contributed by atoms with E-state index in [0.717, 1.165) is 31.7 Å². The highest BCUT2D eigenvalue weighted by Crippen LogP contribution is 2.08. The zero-order chi connectivity index (χ0) is 14.8. The van der Waals surface area contributed by atoms with Gasteiger partial charge in [-0.15, -0.1) is 12.4 Å². The molecule has 0 aromatic heterocycles. The van der Waals surface area contributed by atoms with Crippen LogP contribution in [0.15, 0.2) is 18.2 Å². The molecule has 3 nitrogen and oxygen atoms in total. The van der Waals surface area contributed by atoms with Crippen LogP contribution in [0.1, 0.15) is 37.7 Å². The maximum Gasteiger partial charge on any atom is 0.220 e. The van der Waals surface area contributed by atoms with Crippen molar-refractivity contribution in [1.29, 1.82) is 0 Å². The minimum absolute atomic E-state index is 0. The van der Waals surface area contributed by atoms with Crippen LogP contribution in [0.4, 0.5) is 8.78 Å². The van der Waals surface area contributed by atoms with Gasteiger partial charge in [-0.3, -0.25) is 4.79 Å². The standard InChI is InChI=1S/C15H22F2N2O.ClH/c16-13-9-12(10-14(17)11-13)6-8-19-15(20)5-3-1-2-4-7-18;/h9-11H,1-8,18H2,(H,19,20);1H. The number of carbonyl (C=O) groups is 1. The molecule has 6 heteroatoms. The average molecular weight is 321 g/mol. The van der Waals surface area contributed by atoms with Crippen molar-refractivity contribution in [3.05, 3.63) is 35.4 Å². The topological polar surface area (TPSA) is 55.1 Å². The first-order valence-corrected chi connectivity index (χ1v) is 7.03. The van der Waals surface area contributed by atoms with Crippen molar-refractivity contribution in [1.82, 2.24) is 5.32 Å². The van der Waals surface area contributed by atoms with Crippen molar-refractivity contribution in [2.75, 3.05) is 13.1 Å². The smallest absolute Gasteiger partial charge is 0.220 e. The maximum absolute atomic E-state index is 12.9. The second-order valence-corrected chi connectivity index (χ2v) is 4.83. The van der Waals surface area contributed by atoms with E-state index < -0.39 is 11.6 Å². The maximum atomic E-state index is 12.9. The van der Waals surface area contributed by atoms with Crippen LogP contribution >= 0.6 is 12.4 Å². The minimum Gasteiger partial charge on any atom is -0.356 e. The van der Waals surface area contributed by atoms with Crippen molar-refractivity contribution in [2.45, 2.75) is 38.5 Å². The Morgan fingerprint density at radius 3 is 2.29 bits per heavy atom. The molecule has 0 saturated carbocycles. The van der Waals surface area contributed by atoms with Crippen LogP contribution in [0.25, 0.3) is 0 Å². The van der Waals surface area contributed by atoms with Gasteiger partial charge in [0, 0.05) is 19.0 Å². The molecule has 0 aliphatic carbocycles. The quantitative estimate of drug-likeness (QED) is 0.687. The van der Waals surface area contributed by atoms with Crippen molar-refractivity contribution >= 4 is 18.3 Å². The summed E-state index contributed by atoms with van der Waals surface area (Å²) in [7, 11) is 0. The van der Waals surface area contributed by atoms with E-state index in [4.69, 9.17) is 5.73 Å². The summed E-state index contributed by atoms with van der Waals surface area (Å²) < 4.78 is 25.9. The molecular weight excluding hydrogens is 298 g/mol. The molecule has 0 bridgehead atoms. The first-order valence-electron chi connectivity index (χ1n) is 7.03. The Balaban J connectivity index is 0.00000400.